The topological polar surface area (TPSA) is 127 Å². The van der Waals surface area contributed by atoms with Crippen molar-refractivity contribution in [2.75, 3.05) is 37.2 Å². The van der Waals surface area contributed by atoms with Gasteiger partial charge in [-0.3, -0.25) is 4.79 Å². The van der Waals surface area contributed by atoms with Crippen LogP contribution in [0.3, 0.4) is 0 Å². The molecule has 12 heteroatoms. The van der Waals surface area contributed by atoms with Gasteiger partial charge in [-0.25, -0.2) is 9.78 Å². The molecule has 3 N–H and O–H groups in total. The summed E-state index contributed by atoms with van der Waals surface area (Å²) in [5, 5.41) is 14.2. The monoisotopic (exact) mass is 485 g/mol. The van der Waals surface area contributed by atoms with Crippen molar-refractivity contribution in [3.8, 4) is 17.2 Å². The number of anilines is 2. The van der Waals surface area contributed by atoms with Crippen molar-refractivity contribution in [3.63, 3.8) is 0 Å². The molecule has 1 fully saturated rings. The van der Waals surface area contributed by atoms with Gasteiger partial charge in [0.25, 0.3) is 5.91 Å². The Morgan fingerprint density at radius 2 is 1.94 bits per heavy atom. The Bertz CT molecular complexity index is 1320. The minimum atomic E-state index is -1.03. The zero-order valence-corrected chi connectivity index (χ0v) is 19.1. The highest BCUT2D eigenvalue weighted by atomic mass is 19.1. The summed E-state index contributed by atoms with van der Waals surface area (Å²) < 4.78 is 32.9. The minimum Gasteiger partial charge on any atom is -0.491 e. The number of carbonyl (C=O) groups is 2. The number of nitrogens with one attached hydrogen (secondary N) is 2. The molecule has 3 aromatic rings. The number of ether oxygens (including phenoxy) is 3. The molecule has 0 aliphatic carbocycles. The van der Waals surface area contributed by atoms with E-state index in [4.69, 9.17) is 19.3 Å². The number of hydrogen-bond acceptors (Lipinski definition) is 7. The normalized spacial score (nSPS) is 15.3. The molecular weight excluding hydrogens is 461 g/mol. The van der Waals surface area contributed by atoms with Crippen molar-refractivity contribution in [2.24, 2.45) is 0 Å². The Labute approximate surface area is 199 Å². The van der Waals surface area contributed by atoms with E-state index in [2.05, 4.69) is 20.5 Å². The number of imidazole rings is 1. The fourth-order valence-corrected chi connectivity index (χ4v) is 4.52. The molecule has 0 saturated carbocycles. The van der Waals surface area contributed by atoms with E-state index in [-0.39, 0.29) is 35.5 Å². The summed E-state index contributed by atoms with van der Waals surface area (Å²) in [5.41, 5.74) is 1.86. The Morgan fingerprint density at radius 3 is 2.66 bits per heavy atom. The first-order valence-electron chi connectivity index (χ1n) is 11.1. The van der Waals surface area contributed by atoms with Crippen molar-refractivity contribution in [1.82, 2.24) is 14.7 Å². The number of piperidine rings is 1. The number of benzene rings is 1. The van der Waals surface area contributed by atoms with Gasteiger partial charge in [0.15, 0.2) is 22.9 Å². The Balaban J connectivity index is 1.40. The first-order valence-corrected chi connectivity index (χ1v) is 11.1. The van der Waals surface area contributed by atoms with Gasteiger partial charge >= 0.3 is 6.09 Å². The fraction of sp³-hybridized carbons (Fsp3) is 0.348. The number of nitrogens with zero attached hydrogens (tertiary/aromatic N) is 3. The van der Waals surface area contributed by atoms with Crippen LogP contribution < -0.4 is 29.7 Å². The van der Waals surface area contributed by atoms with Gasteiger partial charge in [-0.15, -0.1) is 0 Å². The molecule has 5 rings (SSSR count). The molecular formula is C23H24FN5O6. The average Bonchev–Trinajstić information content (AvgIpc) is 3.45. The van der Waals surface area contributed by atoms with Crippen LogP contribution in [0.1, 0.15) is 28.9 Å². The maximum absolute atomic E-state index is 14.9. The van der Waals surface area contributed by atoms with Crippen LogP contribution in [0.2, 0.25) is 0 Å². The van der Waals surface area contributed by atoms with E-state index >= 15 is 0 Å². The van der Waals surface area contributed by atoms with E-state index in [1.54, 1.807) is 25.3 Å². The number of aryl methyl sites for hydroxylation is 1. The van der Waals surface area contributed by atoms with Gasteiger partial charge in [0.05, 0.1) is 24.1 Å². The van der Waals surface area contributed by atoms with E-state index in [0.29, 0.717) is 43.1 Å². The van der Waals surface area contributed by atoms with E-state index < -0.39 is 17.8 Å². The van der Waals surface area contributed by atoms with Gasteiger partial charge in [0.2, 0.25) is 12.6 Å². The van der Waals surface area contributed by atoms with E-state index in [9.17, 15) is 14.0 Å². The van der Waals surface area contributed by atoms with Crippen LogP contribution in [0.25, 0.3) is 5.65 Å². The van der Waals surface area contributed by atoms with Crippen LogP contribution in [0, 0.1) is 12.7 Å². The first-order chi connectivity index (χ1) is 16.9. The van der Waals surface area contributed by atoms with Gasteiger partial charge in [0.1, 0.15) is 5.69 Å². The predicted molar refractivity (Wildman–Crippen MR) is 123 cm³/mol. The molecule has 2 aromatic heterocycles. The largest absolute Gasteiger partial charge is 0.491 e. The molecule has 35 heavy (non-hydrogen) atoms. The number of aromatic nitrogens is 2. The number of carbonyl (C=O) groups excluding carboxylic acids is 1. The minimum absolute atomic E-state index is 0.0398. The number of hydrogen-bond donors (Lipinski definition) is 3. The highest BCUT2D eigenvalue weighted by Gasteiger charge is 2.30. The summed E-state index contributed by atoms with van der Waals surface area (Å²) in [4.78, 5) is 30.3. The van der Waals surface area contributed by atoms with Crippen LogP contribution in [0.5, 0.6) is 17.2 Å². The molecule has 2 aliphatic rings. The van der Waals surface area contributed by atoms with Crippen LogP contribution in [0.4, 0.5) is 20.6 Å². The quantitative estimate of drug-likeness (QED) is 0.504. The third-order valence-electron chi connectivity index (χ3n) is 6.12. The molecule has 0 unspecified atom stereocenters. The average molecular weight is 485 g/mol. The number of halogens is 1. The standard InChI is InChI=1S/C23H24FN5O6/c1-12-9-29-10-15(19(33-2)17(24)21(29)25-12)27-22(30)14-3-4-16(20-18(14)34-11-35-20)28-7-5-13(6-8-28)26-23(31)32/h3-4,9-10,13,26H,5-8,11H2,1-2H3,(H,27,30)(H,31,32). The lowest BCUT2D eigenvalue weighted by Gasteiger charge is -2.34. The lowest BCUT2D eigenvalue weighted by atomic mass is 10.0. The van der Waals surface area contributed by atoms with Crippen molar-refractivity contribution in [3.05, 3.63) is 41.6 Å². The van der Waals surface area contributed by atoms with Gasteiger partial charge in [-0.1, -0.05) is 0 Å². The van der Waals surface area contributed by atoms with Crippen LogP contribution in [0.15, 0.2) is 24.5 Å². The van der Waals surface area contributed by atoms with E-state index in [1.165, 1.54) is 17.7 Å². The predicted octanol–water partition coefficient (Wildman–Crippen LogP) is 3.01. The molecule has 0 bridgehead atoms. The first kappa shape index (κ1) is 22.6. The number of pyridine rings is 1. The second-order valence-corrected chi connectivity index (χ2v) is 8.37. The van der Waals surface area contributed by atoms with Crippen molar-refractivity contribution >= 4 is 29.0 Å². The summed E-state index contributed by atoms with van der Waals surface area (Å²) in [6.07, 6.45) is 3.44. The SMILES string of the molecule is COc1c(NC(=O)c2ccc(N3CCC(NC(=O)O)CC3)c3c2OCO3)cn2cc(C)nc2c1F. The molecule has 4 heterocycles. The van der Waals surface area contributed by atoms with Crippen LogP contribution >= 0.6 is 0 Å². The molecule has 0 radical (unpaired) electrons. The third kappa shape index (κ3) is 4.11. The third-order valence-corrected chi connectivity index (χ3v) is 6.12. The molecule has 1 saturated heterocycles. The molecule has 184 valence electrons. The summed E-state index contributed by atoms with van der Waals surface area (Å²) in [7, 11) is 1.32. The van der Waals surface area contributed by atoms with Crippen molar-refractivity contribution < 1.29 is 33.3 Å². The number of methoxy groups -OCH3 is 1. The lowest BCUT2D eigenvalue weighted by Crippen LogP contribution is -2.44. The molecule has 2 amide bonds. The maximum atomic E-state index is 14.9. The zero-order valence-electron chi connectivity index (χ0n) is 19.1. The summed E-state index contributed by atoms with van der Waals surface area (Å²) in [5.74, 6) is -0.582. The summed E-state index contributed by atoms with van der Waals surface area (Å²) in [6, 6.07) is 3.29. The Kier molecular flexibility index (Phi) is 5.71. The second kappa shape index (κ2) is 8.85. The number of fused-ring (bicyclic) bond motifs is 2. The molecule has 0 atom stereocenters. The van der Waals surface area contributed by atoms with Gasteiger partial charge in [-0.2, -0.15) is 4.39 Å². The summed E-state index contributed by atoms with van der Waals surface area (Å²) in [6.45, 7) is 2.94. The van der Waals surface area contributed by atoms with Gasteiger partial charge in [0, 0.05) is 31.5 Å². The van der Waals surface area contributed by atoms with E-state index in [0.717, 1.165) is 5.69 Å². The molecule has 0 spiro atoms. The molecule has 1 aromatic carbocycles. The lowest BCUT2D eigenvalue weighted by molar-refractivity contribution is 0.102. The highest BCUT2D eigenvalue weighted by molar-refractivity contribution is 6.08. The van der Waals surface area contributed by atoms with Gasteiger partial charge in [-0.05, 0) is 31.9 Å². The summed E-state index contributed by atoms with van der Waals surface area (Å²) >= 11 is 0. The maximum Gasteiger partial charge on any atom is 0.404 e. The van der Waals surface area contributed by atoms with Crippen molar-refractivity contribution in [2.45, 2.75) is 25.8 Å². The molecule has 2 aliphatic heterocycles. The number of carboxylic acid groups (broad SMARTS) is 1. The van der Waals surface area contributed by atoms with E-state index in [1.807, 2.05) is 0 Å². The Hall–Kier alpha value is -4.22. The number of rotatable bonds is 5. The smallest absolute Gasteiger partial charge is 0.404 e. The zero-order chi connectivity index (χ0) is 24.7. The fourth-order valence-electron chi connectivity index (χ4n) is 4.52. The van der Waals surface area contributed by atoms with Gasteiger partial charge < -0.3 is 39.3 Å². The Morgan fingerprint density at radius 1 is 1.20 bits per heavy atom. The molecule has 11 nitrogen and oxygen atoms in total. The van der Waals surface area contributed by atoms with Crippen LogP contribution in [-0.4, -0.2) is 59.5 Å². The van der Waals surface area contributed by atoms with Crippen LogP contribution in [-0.2, 0) is 0 Å². The second-order valence-electron chi connectivity index (χ2n) is 8.37. The number of amides is 2. The van der Waals surface area contributed by atoms with Crippen molar-refractivity contribution in [1.29, 1.82) is 0 Å². The highest BCUT2D eigenvalue weighted by Crippen LogP contribution is 2.45.